The summed E-state index contributed by atoms with van der Waals surface area (Å²) >= 11 is 0. The van der Waals surface area contributed by atoms with E-state index in [1.165, 1.54) is 0 Å². The van der Waals surface area contributed by atoms with Crippen LogP contribution in [-0.4, -0.2) is 33.0 Å². The van der Waals surface area contributed by atoms with Gasteiger partial charge in [-0.15, -0.1) is 0 Å². The van der Waals surface area contributed by atoms with Crippen LogP contribution in [0.2, 0.25) is 0 Å². The van der Waals surface area contributed by atoms with Crippen molar-refractivity contribution in [2.24, 2.45) is 0 Å². The Labute approximate surface area is 168 Å². The minimum absolute atomic E-state index is 0.135. The monoisotopic (exact) mass is 390 g/mol. The van der Waals surface area contributed by atoms with Gasteiger partial charge in [0.25, 0.3) is 5.56 Å². The number of rotatable bonds is 6. The van der Waals surface area contributed by atoms with Gasteiger partial charge in [0, 0.05) is 0 Å². The van der Waals surface area contributed by atoms with Crippen LogP contribution < -0.4 is 15.0 Å². The Hall–Kier alpha value is -3.61. The van der Waals surface area contributed by atoms with Crippen molar-refractivity contribution in [1.29, 1.82) is 0 Å². The van der Waals surface area contributed by atoms with Gasteiger partial charge >= 0.3 is 0 Å². The summed E-state index contributed by atoms with van der Waals surface area (Å²) in [5.74, 6) is 1.49. The molecule has 2 aromatic carbocycles. The highest BCUT2D eigenvalue weighted by Crippen LogP contribution is 2.18. The first kappa shape index (κ1) is 18.7. The normalized spacial score (nSPS) is 11.0. The molecule has 0 radical (unpaired) electrons. The van der Waals surface area contributed by atoms with E-state index in [9.17, 15) is 4.79 Å². The van der Waals surface area contributed by atoms with E-state index in [2.05, 4.69) is 16.1 Å². The molecule has 0 fully saturated rings. The van der Waals surface area contributed by atoms with E-state index in [4.69, 9.17) is 9.47 Å². The first-order valence-corrected chi connectivity index (χ1v) is 9.34. The van der Waals surface area contributed by atoms with Crippen molar-refractivity contribution in [3.63, 3.8) is 0 Å². The summed E-state index contributed by atoms with van der Waals surface area (Å²) in [6.07, 6.45) is 3.12. The zero-order chi connectivity index (χ0) is 20.4. The Bertz CT molecular complexity index is 1190. The fourth-order valence-corrected chi connectivity index (χ4v) is 3.30. The van der Waals surface area contributed by atoms with Crippen LogP contribution in [0, 0.1) is 13.8 Å². The summed E-state index contributed by atoms with van der Waals surface area (Å²) in [7, 11) is 1.62. The number of hydrogen-bond donors (Lipinski definition) is 0. The molecule has 0 bridgehead atoms. The molecule has 0 N–H and O–H groups in total. The molecule has 7 nitrogen and oxygen atoms in total. The van der Waals surface area contributed by atoms with Gasteiger partial charge in [-0.05, 0) is 61.4 Å². The Balaban J connectivity index is 1.54. The second-order valence-electron chi connectivity index (χ2n) is 6.91. The Kier molecular flexibility index (Phi) is 5.03. The highest BCUT2D eigenvalue weighted by Gasteiger charge is 2.12. The third-order valence-electron chi connectivity index (χ3n) is 4.67. The molecule has 4 rings (SSSR count). The molecule has 2 aromatic heterocycles. The van der Waals surface area contributed by atoms with Crippen molar-refractivity contribution < 1.29 is 9.47 Å². The van der Waals surface area contributed by atoms with Gasteiger partial charge in [0.2, 0.25) is 0 Å². The maximum atomic E-state index is 12.8. The van der Waals surface area contributed by atoms with Crippen molar-refractivity contribution in [2.75, 3.05) is 13.7 Å². The van der Waals surface area contributed by atoms with Gasteiger partial charge in [-0.25, -0.2) is 9.67 Å². The smallest absolute Gasteiger partial charge is 0.264 e. The Morgan fingerprint density at radius 3 is 2.38 bits per heavy atom. The molecule has 0 aliphatic heterocycles. The van der Waals surface area contributed by atoms with E-state index in [-0.39, 0.29) is 5.56 Å². The van der Waals surface area contributed by atoms with Gasteiger partial charge in [-0.1, -0.05) is 6.07 Å². The van der Waals surface area contributed by atoms with Gasteiger partial charge in [0.15, 0.2) is 5.65 Å². The number of nitrogens with zero attached hydrogens (tertiary/aromatic N) is 4. The van der Waals surface area contributed by atoms with Crippen molar-refractivity contribution in [3.05, 3.63) is 76.5 Å². The fraction of sp³-hybridized carbons (Fsp3) is 0.227. The predicted molar refractivity (Wildman–Crippen MR) is 111 cm³/mol. The van der Waals surface area contributed by atoms with Gasteiger partial charge in [0.05, 0.1) is 25.5 Å². The average Bonchev–Trinajstić information content (AvgIpc) is 3.14. The van der Waals surface area contributed by atoms with Crippen molar-refractivity contribution in [2.45, 2.75) is 20.4 Å². The Morgan fingerprint density at radius 2 is 1.69 bits per heavy atom. The van der Waals surface area contributed by atoms with Crippen LogP contribution in [0.25, 0.3) is 16.7 Å². The summed E-state index contributed by atoms with van der Waals surface area (Å²) in [5.41, 5.74) is 3.57. The molecular formula is C22H22N4O3. The molecule has 0 aliphatic carbocycles. The lowest BCUT2D eigenvalue weighted by Crippen LogP contribution is -2.23. The van der Waals surface area contributed by atoms with Gasteiger partial charge in [-0.3, -0.25) is 9.36 Å². The van der Waals surface area contributed by atoms with Gasteiger partial charge < -0.3 is 9.47 Å². The molecule has 0 atom stereocenters. The molecule has 29 heavy (non-hydrogen) atoms. The zero-order valence-electron chi connectivity index (χ0n) is 16.6. The quantitative estimate of drug-likeness (QED) is 0.505. The largest absolute Gasteiger partial charge is 0.497 e. The molecule has 0 aliphatic rings. The van der Waals surface area contributed by atoms with E-state index in [0.29, 0.717) is 24.2 Å². The molecule has 148 valence electrons. The summed E-state index contributed by atoms with van der Waals surface area (Å²) < 4.78 is 14.1. The third-order valence-corrected chi connectivity index (χ3v) is 4.67. The predicted octanol–water partition coefficient (Wildman–Crippen LogP) is 3.29. The average molecular weight is 390 g/mol. The topological polar surface area (TPSA) is 71.2 Å². The maximum Gasteiger partial charge on any atom is 0.264 e. The molecule has 0 saturated carbocycles. The summed E-state index contributed by atoms with van der Waals surface area (Å²) in [5, 5.41) is 4.87. The minimum Gasteiger partial charge on any atom is -0.497 e. The fourth-order valence-electron chi connectivity index (χ4n) is 3.30. The first-order valence-electron chi connectivity index (χ1n) is 9.34. The van der Waals surface area contributed by atoms with Crippen LogP contribution in [0.4, 0.5) is 0 Å². The van der Waals surface area contributed by atoms with Crippen LogP contribution in [0.5, 0.6) is 11.5 Å². The van der Waals surface area contributed by atoms with Gasteiger partial charge in [-0.2, -0.15) is 5.10 Å². The van der Waals surface area contributed by atoms with Crippen LogP contribution >= 0.6 is 0 Å². The number of hydrogen-bond acceptors (Lipinski definition) is 5. The van der Waals surface area contributed by atoms with Crippen molar-refractivity contribution in [3.8, 4) is 17.2 Å². The van der Waals surface area contributed by atoms with Crippen molar-refractivity contribution >= 4 is 11.0 Å². The van der Waals surface area contributed by atoms with Crippen LogP contribution in [0.3, 0.4) is 0 Å². The number of benzene rings is 2. The minimum atomic E-state index is -0.135. The Morgan fingerprint density at radius 1 is 1.00 bits per heavy atom. The van der Waals surface area contributed by atoms with Gasteiger partial charge in [0.1, 0.15) is 29.8 Å². The van der Waals surface area contributed by atoms with E-state index in [1.54, 1.807) is 28.9 Å². The molecule has 0 unspecified atom stereocenters. The summed E-state index contributed by atoms with van der Waals surface area (Å²) in [4.78, 5) is 17.3. The molecule has 4 aromatic rings. The number of ether oxygens (including phenoxy) is 2. The number of aromatic nitrogens is 4. The number of aryl methyl sites for hydroxylation is 2. The highest BCUT2D eigenvalue weighted by atomic mass is 16.5. The third kappa shape index (κ3) is 3.85. The lowest BCUT2D eigenvalue weighted by atomic mass is 10.1. The van der Waals surface area contributed by atoms with E-state index < -0.39 is 0 Å². The molecule has 0 amide bonds. The van der Waals surface area contributed by atoms with Crippen LogP contribution in [-0.2, 0) is 6.54 Å². The first-order chi connectivity index (χ1) is 14.0. The molecular weight excluding hydrogens is 368 g/mol. The number of fused-ring (bicyclic) bond motifs is 1. The molecule has 0 saturated heterocycles. The second-order valence-corrected chi connectivity index (χ2v) is 6.91. The summed E-state index contributed by atoms with van der Waals surface area (Å²) in [6, 6.07) is 13.5. The SMILES string of the molecule is COc1ccc(OCCn2cnc3c(cnn3-c3cc(C)cc(C)c3)c2=O)cc1. The van der Waals surface area contributed by atoms with E-state index >= 15 is 0 Å². The molecule has 0 spiro atoms. The highest BCUT2D eigenvalue weighted by molar-refractivity contribution is 5.75. The lowest BCUT2D eigenvalue weighted by Gasteiger charge is -2.09. The van der Waals surface area contributed by atoms with Crippen molar-refractivity contribution in [1.82, 2.24) is 19.3 Å². The lowest BCUT2D eigenvalue weighted by molar-refractivity contribution is 0.295. The van der Waals surface area contributed by atoms with Crippen LogP contribution in [0.15, 0.2) is 59.8 Å². The van der Waals surface area contributed by atoms with E-state index in [0.717, 1.165) is 28.3 Å². The zero-order valence-corrected chi connectivity index (χ0v) is 16.6. The number of methoxy groups -OCH3 is 1. The molecule has 2 heterocycles. The maximum absolute atomic E-state index is 12.8. The van der Waals surface area contributed by atoms with Crippen LogP contribution in [0.1, 0.15) is 11.1 Å². The molecule has 7 heteroatoms. The van der Waals surface area contributed by atoms with E-state index in [1.807, 2.05) is 50.2 Å². The second kappa shape index (κ2) is 7.79. The summed E-state index contributed by atoms with van der Waals surface area (Å²) in [6.45, 7) is 4.81. The standard InChI is InChI=1S/C22H22N4O3/c1-15-10-16(2)12-17(11-15)26-21-20(13-24-26)22(27)25(14-23-21)8-9-29-19-6-4-18(28-3)5-7-19/h4-7,10-14H,8-9H2,1-3H3.